The lowest BCUT2D eigenvalue weighted by Gasteiger charge is -2.32. The minimum absolute atomic E-state index is 0.0985. The standard InChI is InChI=1S/C11H15ClN2O3S2/c1-9(15)8-13-4-6-14(7-5-13)19(16,17)11-3-2-10(12)18-11/h2-3H,4-8H2,1H3. The maximum Gasteiger partial charge on any atom is 0.252 e. The second kappa shape index (κ2) is 5.88. The minimum atomic E-state index is -3.44. The van der Waals surface area contributed by atoms with Crippen LogP contribution in [0.15, 0.2) is 16.3 Å². The summed E-state index contributed by atoms with van der Waals surface area (Å²) in [4.78, 5) is 13.0. The third kappa shape index (κ3) is 3.55. The van der Waals surface area contributed by atoms with Gasteiger partial charge in [-0.2, -0.15) is 4.31 Å². The number of nitrogens with zero attached hydrogens (tertiary/aromatic N) is 2. The van der Waals surface area contributed by atoms with Crippen molar-refractivity contribution in [2.75, 3.05) is 32.7 Å². The van der Waals surface area contributed by atoms with Crippen LogP contribution in [-0.4, -0.2) is 56.1 Å². The second-order valence-corrected chi connectivity index (χ2v) is 8.32. The Balaban J connectivity index is 2.03. The molecule has 0 unspecified atom stereocenters. The van der Waals surface area contributed by atoms with E-state index >= 15 is 0 Å². The van der Waals surface area contributed by atoms with E-state index in [0.717, 1.165) is 11.3 Å². The lowest BCUT2D eigenvalue weighted by molar-refractivity contribution is -0.118. The van der Waals surface area contributed by atoms with Gasteiger partial charge in [0.2, 0.25) is 0 Å². The zero-order chi connectivity index (χ0) is 14.0. The molecule has 0 aromatic carbocycles. The van der Waals surface area contributed by atoms with Gasteiger partial charge in [0.25, 0.3) is 10.0 Å². The Morgan fingerprint density at radius 3 is 2.42 bits per heavy atom. The predicted molar refractivity (Wildman–Crippen MR) is 75.2 cm³/mol. The molecule has 5 nitrogen and oxygen atoms in total. The first-order valence-electron chi connectivity index (χ1n) is 5.87. The van der Waals surface area contributed by atoms with Crippen molar-refractivity contribution in [3.8, 4) is 0 Å². The van der Waals surface area contributed by atoms with Gasteiger partial charge in [-0.05, 0) is 19.1 Å². The summed E-state index contributed by atoms with van der Waals surface area (Å²) in [6.07, 6.45) is 0. The van der Waals surface area contributed by atoms with Gasteiger partial charge in [-0.15, -0.1) is 11.3 Å². The number of hydrogen-bond acceptors (Lipinski definition) is 5. The number of piperazine rings is 1. The van der Waals surface area contributed by atoms with Crippen molar-refractivity contribution in [3.05, 3.63) is 16.5 Å². The molecule has 0 saturated carbocycles. The Labute approximate surface area is 121 Å². The van der Waals surface area contributed by atoms with Crippen LogP contribution in [-0.2, 0) is 14.8 Å². The van der Waals surface area contributed by atoms with Crippen molar-refractivity contribution in [2.45, 2.75) is 11.1 Å². The first-order chi connectivity index (χ1) is 8.89. The molecule has 2 heterocycles. The summed E-state index contributed by atoms with van der Waals surface area (Å²) in [7, 11) is -3.44. The van der Waals surface area contributed by atoms with Gasteiger partial charge in [-0.3, -0.25) is 9.69 Å². The molecule has 19 heavy (non-hydrogen) atoms. The van der Waals surface area contributed by atoms with Gasteiger partial charge < -0.3 is 0 Å². The zero-order valence-corrected chi connectivity index (χ0v) is 12.9. The lowest BCUT2D eigenvalue weighted by Crippen LogP contribution is -2.49. The van der Waals surface area contributed by atoms with E-state index in [1.807, 2.05) is 4.90 Å². The average Bonchev–Trinajstić information content (AvgIpc) is 2.76. The van der Waals surface area contributed by atoms with E-state index in [2.05, 4.69) is 0 Å². The van der Waals surface area contributed by atoms with Gasteiger partial charge in [0.1, 0.15) is 9.99 Å². The maximum absolute atomic E-state index is 12.3. The van der Waals surface area contributed by atoms with Crippen LogP contribution in [0.3, 0.4) is 0 Å². The molecule has 0 aliphatic carbocycles. The highest BCUT2D eigenvalue weighted by molar-refractivity contribution is 7.91. The van der Waals surface area contributed by atoms with E-state index in [9.17, 15) is 13.2 Å². The highest BCUT2D eigenvalue weighted by atomic mass is 35.5. The van der Waals surface area contributed by atoms with Crippen molar-refractivity contribution in [1.82, 2.24) is 9.21 Å². The Hall–Kier alpha value is -0.470. The van der Waals surface area contributed by atoms with Crippen molar-refractivity contribution >= 4 is 38.7 Å². The smallest absolute Gasteiger partial charge is 0.252 e. The summed E-state index contributed by atoms with van der Waals surface area (Å²) in [5.74, 6) is 0.0985. The van der Waals surface area contributed by atoms with Gasteiger partial charge in [0.05, 0.1) is 10.9 Å². The zero-order valence-electron chi connectivity index (χ0n) is 10.5. The number of thiophene rings is 1. The van der Waals surface area contributed by atoms with Crippen LogP contribution in [0.2, 0.25) is 4.34 Å². The molecular formula is C11H15ClN2O3S2. The summed E-state index contributed by atoms with van der Waals surface area (Å²) in [6.45, 7) is 3.90. The Morgan fingerprint density at radius 1 is 1.32 bits per heavy atom. The fraction of sp³-hybridized carbons (Fsp3) is 0.545. The SMILES string of the molecule is CC(=O)CN1CCN(S(=O)(=O)c2ccc(Cl)s2)CC1. The third-order valence-corrected chi connectivity index (χ3v) is 6.52. The van der Waals surface area contributed by atoms with E-state index in [1.165, 1.54) is 17.3 Å². The summed E-state index contributed by atoms with van der Waals surface area (Å²) >= 11 is 6.84. The number of sulfonamides is 1. The van der Waals surface area contributed by atoms with Gasteiger partial charge in [-0.1, -0.05) is 11.6 Å². The van der Waals surface area contributed by atoms with Crippen LogP contribution in [0.4, 0.5) is 0 Å². The molecular weight excluding hydrogens is 308 g/mol. The molecule has 0 N–H and O–H groups in total. The highest BCUT2D eigenvalue weighted by Gasteiger charge is 2.29. The Morgan fingerprint density at radius 2 is 1.95 bits per heavy atom. The lowest BCUT2D eigenvalue weighted by atomic mass is 10.3. The molecule has 1 aromatic heterocycles. The van der Waals surface area contributed by atoms with E-state index in [1.54, 1.807) is 6.07 Å². The van der Waals surface area contributed by atoms with Gasteiger partial charge in [-0.25, -0.2) is 8.42 Å². The van der Waals surface area contributed by atoms with E-state index in [-0.39, 0.29) is 9.99 Å². The number of ketones is 1. The predicted octanol–water partition coefficient (Wildman–Crippen LogP) is 1.30. The van der Waals surface area contributed by atoms with Crippen molar-refractivity contribution < 1.29 is 13.2 Å². The maximum atomic E-state index is 12.3. The van der Waals surface area contributed by atoms with Crippen LogP contribution in [0, 0.1) is 0 Å². The molecule has 1 fully saturated rings. The molecule has 0 bridgehead atoms. The Kier molecular flexibility index (Phi) is 4.62. The quantitative estimate of drug-likeness (QED) is 0.838. The normalized spacial score (nSPS) is 18.6. The first kappa shape index (κ1) is 14.9. The van der Waals surface area contributed by atoms with Crippen LogP contribution in [0.1, 0.15) is 6.92 Å². The average molecular weight is 323 g/mol. The topological polar surface area (TPSA) is 57.7 Å². The monoisotopic (exact) mass is 322 g/mol. The number of rotatable bonds is 4. The molecule has 1 saturated heterocycles. The highest BCUT2D eigenvalue weighted by Crippen LogP contribution is 2.28. The van der Waals surface area contributed by atoms with Crippen LogP contribution in [0.25, 0.3) is 0 Å². The molecule has 1 aliphatic rings. The molecule has 0 radical (unpaired) electrons. The van der Waals surface area contributed by atoms with Crippen LogP contribution in [0.5, 0.6) is 0 Å². The molecule has 106 valence electrons. The molecule has 0 amide bonds. The summed E-state index contributed by atoms with van der Waals surface area (Å²) in [5.41, 5.74) is 0. The van der Waals surface area contributed by atoms with E-state index in [4.69, 9.17) is 11.6 Å². The number of carbonyl (C=O) groups excluding carboxylic acids is 1. The Bertz CT molecular complexity index is 562. The molecule has 1 aliphatic heterocycles. The first-order valence-corrected chi connectivity index (χ1v) is 8.50. The number of Topliss-reactive ketones (excluding diaryl/α,β-unsaturated/α-hetero) is 1. The molecule has 1 aromatic rings. The molecule has 0 atom stereocenters. The molecule has 2 rings (SSSR count). The van der Waals surface area contributed by atoms with Crippen molar-refractivity contribution in [3.63, 3.8) is 0 Å². The van der Waals surface area contributed by atoms with Crippen molar-refractivity contribution in [2.24, 2.45) is 0 Å². The van der Waals surface area contributed by atoms with Gasteiger partial charge in [0, 0.05) is 26.2 Å². The fourth-order valence-corrected chi connectivity index (χ4v) is 5.07. The summed E-state index contributed by atoms with van der Waals surface area (Å²) in [6, 6.07) is 3.12. The minimum Gasteiger partial charge on any atom is -0.299 e. The van der Waals surface area contributed by atoms with Gasteiger partial charge in [0.15, 0.2) is 0 Å². The summed E-state index contributed by atoms with van der Waals surface area (Å²) < 4.78 is 26.8. The van der Waals surface area contributed by atoms with E-state index in [0.29, 0.717) is 37.1 Å². The third-order valence-electron chi connectivity index (χ3n) is 2.92. The van der Waals surface area contributed by atoms with E-state index < -0.39 is 10.0 Å². The largest absolute Gasteiger partial charge is 0.299 e. The van der Waals surface area contributed by atoms with Crippen molar-refractivity contribution in [1.29, 1.82) is 0 Å². The van der Waals surface area contributed by atoms with Crippen LogP contribution >= 0.6 is 22.9 Å². The number of carbonyl (C=O) groups is 1. The van der Waals surface area contributed by atoms with Crippen LogP contribution < -0.4 is 0 Å². The molecule has 0 spiro atoms. The fourth-order valence-electron chi connectivity index (χ4n) is 2.01. The number of hydrogen-bond donors (Lipinski definition) is 0. The second-order valence-electron chi connectivity index (χ2n) is 4.44. The van der Waals surface area contributed by atoms with Gasteiger partial charge >= 0.3 is 0 Å². The number of halogens is 1. The molecule has 8 heteroatoms. The summed E-state index contributed by atoms with van der Waals surface area (Å²) in [5, 5.41) is 0.